The topological polar surface area (TPSA) is 130 Å². The Kier molecular flexibility index (Phi) is 9.04. The monoisotopic (exact) mass is 484 g/mol. The number of halogens is 1. The van der Waals surface area contributed by atoms with Gasteiger partial charge < -0.3 is 26.4 Å². The van der Waals surface area contributed by atoms with Crippen molar-refractivity contribution < 1.29 is 9.53 Å². The molecule has 0 bridgehead atoms. The van der Waals surface area contributed by atoms with Crippen molar-refractivity contribution in [2.45, 2.75) is 44.8 Å². The largest absolute Gasteiger partial charge is 0.497 e. The van der Waals surface area contributed by atoms with E-state index in [2.05, 4.69) is 5.32 Å². The summed E-state index contributed by atoms with van der Waals surface area (Å²) in [6.07, 6.45) is 2.18. The summed E-state index contributed by atoms with van der Waals surface area (Å²) in [7, 11) is 1.60. The third-order valence-corrected chi connectivity index (χ3v) is 6.03. The third kappa shape index (κ3) is 6.14. The molecular formula is C25H33ClN6O2. The summed E-state index contributed by atoms with van der Waals surface area (Å²) in [6.45, 7) is 2.91. The number of amides is 1. The molecule has 2 aromatic carbocycles. The average molecular weight is 485 g/mol. The first-order chi connectivity index (χ1) is 16.3. The predicted molar refractivity (Wildman–Crippen MR) is 138 cm³/mol. The number of nitrogens with zero attached hydrogens (tertiary/aromatic N) is 2. The van der Waals surface area contributed by atoms with Gasteiger partial charge in [-0.2, -0.15) is 0 Å². The highest BCUT2D eigenvalue weighted by atomic mass is 35.5. The van der Waals surface area contributed by atoms with Gasteiger partial charge in [-0.05, 0) is 56.6 Å². The van der Waals surface area contributed by atoms with Gasteiger partial charge >= 0.3 is 0 Å². The highest BCUT2D eigenvalue weighted by Crippen LogP contribution is 2.33. The van der Waals surface area contributed by atoms with Crippen molar-refractivity contribution in [2.75, 3.05) is 25.1 Å². The fourth-order valence-corrected chi connectivity index (χ4v) is 4.16. The molecule has 34 heavy (non-hydrogen) atoms. The molecule has 182 valence electrons. The van der Waals surface area contributed by atoms with Gasteiger partial charge in [0.05, 0.1) is 36.8 Å². The molecule has 9 heteroatoms. The van der Waals surface area contributed by atoms with Crippen LogP contribution < -0.4 is 26.4 Å². The molecule has 1 aliphatic heterocycles. The number of anilines is 1. The number of methoxy groups -OCH3 is 1. The maximum Gasteiger partial charge on any atom is 0.222 e. The molecule has 0 fully saturated rings. The molecule has 1 aliphatic rings. The number of hydrogen-bond donors (Lipinski definition) is 4. The lowest BCUT2D eigenvalue weighted by molar-refractivity contribution is -0.121. The number of unbranched alkanes of at least 4 members (excludes halogenated alkanes) is 2. The number of benzene rings is 2. The Balaban J connectivity index is 2.00. The van der Waals surface area contributed by atoms with Crippen molar-refractivity contribution >= 4 is 34.7 Å². The Labute approximate surface area is 205 Å². The molecule has 3 rings (SSSR count). The summed E-state index contributed by atoms with van der Waals surface area (Å²) in [6, 6.07) is 12.4. The van der Waals surface area contributed by atoms with Gasteiger partial charge in [0.2, 0.25) is 5.91 Å². The summed E-state index contributed by atoms with van der Waals surface area (Å²) in [5.74, 6) is 0.794. The fraction of sp³-hybridized carbons (Fsp3) is 0.400. The van der Waals surface area contributed by atoms with Crippen molar-refractivity contribution in [1.29, 1.82) is 5.41 Å². The van der Waals surface area contributed by atoms with E-state index in [9.17, 15) is 4.79 Å². The van der Waals surface area contributed by atoms with Gasteiger partial charge in [-0.1, -0.05) is 30.2 Å². The highest BCUT2D eigenvalue weighted by molar-refractivity contribution is 6.30. The van der Waals surface area contributed by atoms with Crippen LogP contribution in [0, 0.1) is 5.41 Å². The molecule has 1 heterocycles. The molecule has 2 atom stereocenters. The Hall–Kier alpha value is -2.94. The van der Waals surface area contributed by atoms with Crippen LogP contribution in [-0.4, -0.2) is 49.9 Å². The second-order valence-electron chi connectivity index (χ2n) is 8.28. The van der Waals surface area contributed by atoms with E-state index in [0.29, 0.717) is 29.6 Å². The summed E-state index contributed by atoms with van der Waals surface area (Å²) in [5, 5.41) is 12.0. The number of ether oxygens (including phenoxy) is 1. The van der Waals surface area contributed by atoms with E-state index in [-0.39, 0.29) is 18.2 Å². The SMILES string of the molecule is COc1ccc2c(c1)C(c1ccc(Cl)cc1)=NC(CC(=O)NCCCCCN)C(N)N2C(C)=N. The Morgan fingerprint density at radius 2 is 1.94 bits per heavy atom. The molecule has 0 radical (unpaired) electrons. The van der Waals surface area contributed by atoms with E-state index < -0.39 is 12.2 Å². The summed E-state index contributed by atoms with van der Waals surface area (Å²) < 4.78 is 5.46. The van der Waals surface area contributed by atoms with Gasteiger partial charge in [-0.25, -0.2) is 0 Å². The van der Waals surface area contributed by atoms with Crippen LogP contribution in [0.3, 0.4) is 0 Å². The molecule has 1 amide bonds. The number of aliphatic imine (C=N–C) groups is 1. The third-order valence-electron chi connectivity index (χ3n) is 5.78. The van der Waals surface area contributed by atoms with Crippen molar-refractivity contribution in [2.24, 2.45) is 16.5 Å². The van der Waals surface area contributed by atoms with Crippen LogP contribution in [0.25, 0.3) is 0 Å². The minimum atomic E-state index is -0.697. The van der Waals surface area contributed by atoms with E-state index >= 15 is 0 Å². The number of nitrogens with two attached hydrogens (primary N) is 2. The Bertz CT molecular complexity index is 1040. The first-order valence-electron chi connectivity index (χ1n) is 11.4. The molecule has 0 saturated heterocycles. The van der Waals surface area contributed by atoms with Crippen LogP contribution in [0.1, 0.15) is 43.7 Å². The molecule has 0 spiro atoms. The average Bonchev–Trinajstić information content (AvgIpc) is 2.93. The zero-order valence-electron chi connectivity index (χ0n) is 19.7. The molecule has 6 N–H and O–H groups in total. The fourth-order valence-electron chi connectivity index (χ4n) is 4.03. The van der Waals surface area contributed by atoms with Crippen LogP contribution in [0.2, 0.25) is 5.02 Å². The van der Waals surface area contributed by atoms with Crippen LogP contribution >= 0.6 is 11.6 Å². The van der Waals surface area contributed by atoms with Crippen molar-refractivity contribution in [1.82, 2.24) is 5.32 Å². The predicted octanol–water partition coefficient (Wildman–Crippen LogP) is 3.29. The second kappa shape index (κ2) is 12.0. The number of carbonyl (C=O) groups excluding carboxylic acids is 1. The van der Waals surface area contributed by atoms with Gasteiger partial charge in [0.1, 0.15) is 11.9 Å². The van der Waals surface area contributed by atoms with E-state index in [4.69, 9.17) is 38.2 Å². The van der Waals surface area contributed by atoms with Crippen molar-refractivity contribution in [3.05, 3.63) is 58.6 Å². The Morgan fingerprint density at radius 1 is 1.21 bits per heavy atom. The van der Waals surface area contributed by atoms with Crippen molar-refractivity contribution in [3.63, 3.8) is 0 Å². The lowest BCUT2D eigenvalue weighted by Crippen LogP contribution is -2.52. The number of benzodiazepines with no additional fused rings is 1. The van der Waals surface area contributed by atoms with Crippen LogP contribution in [0.15, 0.2) is 47.5 Å². The standard InChI is InChI=1S/C25H33ClN6O2/c1-16(28)32-22-11-10-19(34-2)14-20(22)24(17-6-8-18(26)9-7-17)31-21(25(32)29)15-23(33)30-13-5-3-4-12-27/h6-11,14,21,25,28H,3-5,12-13,15,27,29H2,1-2H3,(H,30,33). The maximum atomic E-state index is 12.8. The molecule has 8 nitrogen and oxygen atoms in total. The van der Waals surface area contributed by atoms with E-state index in [1.54, 1.807) is 31.1 Å². The summed E-state index contributed by atoms with van der Waals surface area (Å²) in [5.41, 5.74) is 15.2. The smallest absolute Gasteiger partial charge is 0.222 e. The first kappa shape index (κ1) is 25.7. The highest BCUT2D eigenvalue weighted by Gasteiger charge is 2.33. The minimum Gasteiger partial charge on any atom is -0.497 e. The van der Waals surface area contributed by atoms with Crippen LogP contribution in [0.5, 0.6) is 5.75 Å². The lowest BCUT2D eigenvalue weighted by Gasteiger charge is -2.32. The summed E-state index contributed by atoms with van der Waals surface area (Å²) >= 11 is 6.12. The van der Waals surface area contributed by atoms with Crippen LogP contribution in [0.4, 0.5) is 5.69 Å². The van der Waals surface area contributed by atoms with Crippen LogP contribution in [-0.2, 0) is 4.79 Å². The number of fused-ring (bicyclic) bond motifs is 1. The second-order valence-corrected chi connectivity index (χ2v) is 8.72. The molecular weight excluding hydrogens is 452 g/mol. The number of rotatable bonds is 9. The quantitative estimate of drug-likeness (QED) is 0.246. The zero-order valence-corrected chi connectivity index (χ0v) is 20.4. The summed E-state index contributed by atoms with van der Waals surface area (Å²) in [4.78, 5) is 19.5. The van der Waals surface area contributed by atoms with Gasteiger partial charge in [-0.3, -0.25) is 15.2 Å². The van der Waals surface area contributed by atoms with E-state index in [1.807, 2.05) is 30.3 Å². The minimum absolute atomic E-state index is 0.101. The normalized spacial score (nSPS) is 17.4. The molecule has 0 aliphatic carbocycles. The molecule has 0 saturated carbocycles. The van der Waals surface area contributed by atoms with Crippen molar-refractivity contribution in [3.8, 4) is 5.75 Å². The van der Waals surface area contributed by atoms with Gasteiger partial charge in [0, 0.05) is 22.7 Å². The number of carbonyl (C=O) groups is 1. The lowest BCUT2D eigenvalue weighted by atomic mass is 9.99. The zero-order chi connectivity index (χ0) is 24.7. The van der Waals surface area contributed by atoms with E-state index in [0.717, 1.165) is 36.1 Å². The number of nitrogens with one attached hydrogen (secondary N) is 2. The van der Waals surface area contributed by atoms with Gasteiger partial charge in [0.15, 0.2) is 0 Å². The maximum absolute atomic E-state index is 12.8. The first-order valence-corrected chi connectivity index (χ1v) is 11.8. The molecule has 0 aromatic heterocycles. The molecule has 2 unspecified atom stereocenters. The van der Waals surface area contributed by atoms with Gasteiger partial charge in [0.25, 0.3) is 0 Å². The number of hydrogen-bond acceptors (Lipinski definition) is 6. The Morgan fingerprint density at radius 3 is 2.59 bits per heavy atom. The number of amidine groups is 1. The van der Waals surface area contributed by atoms with Gasteiger partial charge in [-0.15, -0.1) is 0 Å². The molecule has 2 aromatic rings. The van der Waals surface area contributed by atoms with E-state index in [1.165, 1.54) is 0 Å².